The molecule has 0 aliphatic carbocycles. The number of aliphatic hydroxyl groups excluding tert-OH is 1. The highest BCUT2D eigenvalue weighted by Crippen LogP contribution is 2.25. The molecule has 0 saturated carbocycles. The molecule has 1 rings (SSSR count). The van der Waals surface area contributed by atoms with Gasteiger partial charge in [0.2, 0.25) is 10.0 Å². The molecule has 0 aliphatic heterocycles. The predicted octanol–water partition coefficient (Wildman–Crippen LogP) is 1.75. The highest BCUT2D eigenvalue weighted by Gasteiger charge is 2.22. The van der Waals surface area contributed by atoms with Gasteiger partial charge in [-0.1, -0.05) is 12.1 Å². The lowest BCUT2D eigenvalue weighted by Crippen LogP contribution is -2.27. The van der Waals surface area contributed by atoms with Crippen molar-refractivity contribution in [3.8, 4) is 0 Å². The molecule has 0 spiro atoms. The fraction of sp³-hybridized carbons (Fsp3) is 0.273. The first-order chi connectivity index (χ1) is 7.93. The average Bonchev–Trinajstić information content (AvgIpc) is 2.28. The van der Waals surface area contributed by atoms with Crippen LogP contribution in [0.2, 0.25) is 0 Å². The minimum absolute atomic E-state index is 0.124. The van der Waals surface area contributed by atoms with E-state index in [2.05, 4.69) is 22.5 Å². The number of likely N-dealkylation sites (N-methyl/N-ethyl adjacent to an activating group) is 1. The third-order valence-electron chi connectivity index (χ3n) is 2.25. The Morgan fingerprint density at radius 1 is 1.53 bits per heavy atom. The maximum atomic E-state index is 12.1. The number of sulfonamides is 1. The van der Waals surface area contributed by atoms with Crippen molar-refractivity contribution >= 4 is 26.0 Å². The Bertz CT molecular complexity index is 513. The number of rotatable bonds is 5. The van der Waals surface area contributed by atoms with E-state index in [1.54, 1.807) is 12.1 Å². The number of halogens is 1. The molecule has 0 unspecified atom stereocenters. The molecular weight excluding hydrogens is 306 g/mol. The van der Waals surface area contributed by atoms with E-state index in [4.69, 9.17) is 5.11 Å². The molecular formula is C11H14BrNO3S. The van der Waals surface area contributed by atoms with Crippen LogP contribution >= 0.6 is 15.9 Å². The molecule has 17 heavy (non-hydrogen) atoms. The van der Waals surface area contributed by atoms with Gasteiger partial charge in [-0.25, -0.2) is 8.42 Å². The van der Waals surface area contributed by atoms with Gasteiger partial charge in [0.25, 0.3) is 0 Å². The summed E-state index contributed by atoms with van der Waals surface area (Å²) in [6, 6.07) is 4.65. The second-order valence-electron chi connectivity index (χ2n) is 3.50. The first-order valence-electron chi connectivity index (χ1n) is 4.90. The Labute approximate surface area is 110 Å². The van der Waals surface area contributed by atoms with Crippen LogP contribution in [-0.4, -0.2) is 31.4 Å². The summed E-state index contributed by atoms with van der Waals surface area (Å²) in [6.07, 6.45) is 1.52. The van der Waals surface area contributed by atoms with Crippen LogP contribution in [0.15, 0.2) is 40.2 Å². The molecule has 0 fully saturated rings. The van der Waals surface area contributed by atoms with Gasteiger partial charge in [0.1, 0.15) is 0 Å². The zero-order valence-corrected chi connectivity index (χ0v) is 11.8. The highest BCUT2D eigenvalue weighted by atomic mass is 79.9. The van der Waals surface area contributed by atoms with Crippen LogP contribution in [0.4, 0.5) is 0 Å². The molecule has 0 radical (unpaired) electrons. The molecule has 6 heteroatoms. The van der Waals surface area contributed by atoms with E-state index in [9.17, 15) is 8.42 Å². The zero-order chi connectivity index (χ0) is 13.1. The van der Waals surface area contributed by atoms with E-state index in [0.717, 1.165) is 0 Å². The SMILES string of the molecule is C=CCN(C)S(=O)(=O)c1ccc(CO)cc1Br. The summed E-state index contributed by atoms with van der Waals surface area (Å²) in [7, 11) is -2.03. The number of benzene rings is 1. The van der Waals surface area contributed by atoms with Crippen molar-refractivity contribution in [3.63, 3.8) is 0 Å². The van der Waals surface area contributed by atoms with Gasteiger partial charge in [-0.2, -0.15) is 4.31 Å². The summed E-state index contributed by atoms with van der Waals surface area (Å²) in [4.78, 5) is 0.180. The maximum absolute atomic E-state index is 12.1. The Morgan fingerprint density at radius 2 is 2.18 bits per heavy atom. The van der Waals surface area contributed by atoms with Crippen LogP contribution < -0.4 is 0 Å². The lowest BCUT2D eigenvalue weighted by atomic mass is 10.2. The van der Waals surface area contributed by atoms with Gasteiger partial charge in [-0.3, -0.25) is 0 Å². The fourth-order valence-electron chi connectivity index (χ4n) is 1.30. The van der Waals surface area contributed by atoms with Crippen molar-refractivity contribution in [2.75, 3.05) is 13.6 Å². The van der Waals surface area contributed by atoms with E-state index in [1.165, 1.54) is 23.5 Å². The standard InChI is InChI=1S/C11H14BrNO3S/c1-3-6-13(2)17(15,16)11-5-4-9(8-14)7-10(11)12/h3-5,7,14H,1,6,8H2,2H3. The van der Waals surface area contributed by atoms with E-state index in [0.29, 0.717) is 10.0 Å². The summed E-state index contributed by atoms with van der Waals surface area (Å²) < 4.78 is 25.9. The molecule has 1 N–H and O–H groups in total. The molecule has 0 bridgehead atoms. The molecule has 0 aliphatic rings. The average molecular weight is 320 g/mol. The second-order valence-corrected chi connectivity index (χ2v) is 6.36. The van der Waals surface area contributed by atoms with Gasteiger partial charge in [-0.15, -0.1) is 6.58 Å². The molecule has 4 nitrogen and oxygen atoms in total. The normalized spacial score (nSPS) is 11.8. The molecule has 94 valence electrons. The number of hydrogen-bond acceptors (Lipinski definition) is 3. The summed E-state index contributed by atoms with van der Waals surface area (Å²) in [5.74, 6) is 0. The molecule has 0 aromatic heterocycles. The molecule has 0 saturated heterocycles. The van der Waals surface area contributed by atoms with Gasteiger partial charge >= 0.3 is 0 Å². The van der Waals surface area contributed by atoms with Gasteiger partial charge < -0.3 is 5.11 Å². The van der Waals surface area contributed by atoms with Crippen LogP contribution in [0.1, 0.15) is 5.56 Å². The van der Waals surface area contributed by atoms with E-state index in [1.807, 2.05) is 0 Å². The largest absolute Gasteiger partial charge is 0.392 e. The van der Waals surface area contributed by atoms with Crippen LogP contribution in [0, 0.1) is 0 Å². The molecule has 0 amide bonds. The van der Waals surface area contributed by atoms with Crippen LogP contribution in [0.25, 0.3) is 0 Å². The summed E-state index contributed by atoms with van der Waals surface area (Å²) in [6.45, 7) is 3.63. The quantitative estimate of drug-likeness (QED) is 0.841. The van der Waals surface area contributed by atoms with Crippen LogP contribution in [0.5, 0.6) is 0 Å². The minimum Gasteiger partial charge on any atom is -0.392 e. The van der Waals surface area contributed by atoms with Gasteiger partial charge in [0, 0.05) is 18.1 Å². The first-order valence-corrected chi connectivity index (χ1v) is 7.13. The van der Waals surface area contributed by atoms with Gasteiger partial charge in [0.05, 0.1) is 11.5 Å². The van der Waals surface area contributed by atoms with Crippen molar-refractivity contribution in [2.24, 2.45) is 0 Å². The van der Waals surface area contributed by atoms with E-state index < -0.39 is 10.0 Å². The smallest absolute Gasteiger partial charge is 0.244 e. The lowest BCUT2D eigenvalue weighted by Gasteiger charge is -2.16. The zero-order valence-electron chi connectivity index (χ0n) is 9.43. The minimum atomic E-state index is -3.52. The van der Waals surface area contributed by atoms with E-state index in [-0.39, 0.29) is 18.0 Å². The van der Waals surface area contributed by atoms with Crippen LogP contribution in [0.3, 0.4) is 0 Å². The first kappa shape index (κ1) is 14.4. The topological polar surface area (TPSA) is 57.6 Å². The second kappa shape index (κ2) is 5.77. The van der Waals surface area contributed by atoms with Crippen molar-refractivity contribution in [1.82, 2.24) is 4.31 Å². The summed E-state index contributed by atoms with van der Waals surface area (Å²) in [5.41, 5.74) is 0.655. The summed E-state index contributed by atoms with van der Waals surface area (Å²) in [5, 5.41) is 8.96. The number of nitrogens with zero attached hydrogens (tertiary/aromatic N) is 1. The van der Waals surface area contributed by atoms with Gasteiger partial charge in [0.15, 0.2) is 0 Å². The highest BCUT2D eigenvalue weighted by molar-refractivity contribution is 9.10. The Balaban J connectivity index is 3.20. The number of aliphatic hydroxyl groups is 1. The van der Waals surface area contributed by atoms with E-state index >= 15 is 0 Å². The molecule has 1 aromatic rings. The Hall–Kier alpha value is -0.690. The fourth-order valence-corrected chi connectivity index (χ4v) is 3.52. The van der Waals surface area contributed by atoms with Crippen molar-refractivity contribution in [1.29, 1.82) is 0 Å². The van der Waals surface area contributed by atoms with Crippen molar-refractivity contribution in [3.05, 3.63) is 40.9 Å². The third kappa shape index (κ3) is 3.16. The van der Waals surface area contributed by atoms with Crippen molar-refractivity contribution in [2.45, 2.75) is 11.5 Å². The van der Waals surface area contributed by atoms with Crippen molar-refractivity contribution < 1.29 is 13.5 Å². The monoisotopic (exact) mass is 319 g/mol. The van der Waals surface area contributed by atoms with Gasteiger partial charge in [-0.05, 0) is 33.6 Å². The predicted molar refractivity (Wildman–Crippen MR) is 70.1 cm³/mol. The molecule has 0 heterocycles. The lowest BCUT2D eigenvalue weighted by molar-refractivity contribution is 0.281. The maximum Gasteiger partial charge on any atom is 0.244 e. The molecule has 0 atom stereocenters. The number of hydrogen-bond donors (Lipinski definition) is 1. The molecule has 1 aromatic carbocycles. The van der Waals surface area contributed by atoms with Crippen LogP contribution in [-0.2, 0) is 16.6 Å². The summed E-state index contributed by atoms with van der Waals surface area (Å²) >= 11 is 3.20. The third-order valence-corrected chi connectivity index (χ3v) is 5.05. The Morgan fingerprint density at radius 3 is 2.65 bits per heavy atom. The Kier molecular flexibility index (Phi) is 4.88.